The van der Waals surface area contributed by atoms with Gasteiger partial charge in [0.2, 0.25) is 0 Å². The normalized spacial score (nSPS) is 24.1. The van der Waals surface area contributed by atoms with E-state index in [4.69, 9.17) is 9.47 Å². The number of aliphatic hydroxyl groups is 1. The highest BCUT2D eigenvalue weighted by Crippen LogP contribution is 2.28. The van der Waals surface area contributed by atoms with Crippen molar-refractivity contribution in [2.45, 2.75) is 51.7 Å². The van der Waals surface area contributed by atoms with Crippen LogP contribution >= 0.6 is 0 Å². The molecule has 0 spiro atoms. The van der Waals surface area contributed by atoms with Gasteiger partial charge in [-0.3, -0.25) is 0 Å². The highest BCUT2D eigenvalue weighted by Gasteiger charge is 2.40. The summed E-state index contributed by atoms with van der Waals surface area (Å²) in [5.74, 6) is 0. The monoisotopic (exact) mass is 240 g/mol. The lowest BCUT2D eigenvalue weighted by atomic mass is 9.96. The minimum atomic E-state index is -0.619. The lowest BCUT2D eigenvalue weighted by molar-refractivity contribution is 0.0225. The van der Waals surface area contributed by atoms with Crippen LogP contribution in [-0.4, -0.2) is 30.0 Å². The van der Waals surface area contributed by atoms with Crippen LogP contribution in [0.3, 0.4) is 0 Å². The van der Waals surface area contributed by atoms with Crippen molar-refractivity contribution in [1.29, 1.82) is 0 Å². The maximum atomic E-state index is 9.81. The summed E-state index contributed by atoms with van der Waals surface area (Å²) in [7, 11) is 0. The zero-order chi connectivity index (χ0) is 12.7. The van der Waals surface area contributed by atoms with Crippen LogP contribution in [0.25, 0.3) is 0 Å². The maximum absolute atomic E-state index is 9.81. The summed E-state index contributed by atoms with van der Waals surface area (Å²) in [5.41, 5.74) is 0.689. The second-order valence-corrected chi connectivity index (χ2v) is 5.03. The summed E-state index contributed by atoms with van der Waals surface area (Å²) in [6.07, 6.45) is 8.82. The Morgan fingerprint density at radius 2 is 2.24 bits per heavy atom. The third-order valence-corrected chi connectivity index (χ3v) is 2.82. The van der Waals surface area contributed by atoms with Gasteiger partial charge in [-0.25, -0.2) is 0 Å². The van der Waals surface area contributed by atoms with E-state index in [9.17, 15) is 5.11 Å². The number of hydrogen-bond acceptors (Lipinski definition) is 3. The van der Waals surface area contributed by atoms with Crippen LogP contribution in [0, 0.1) is 0 Å². The fourth-order valence-corrected chi connectivity index (χ4v) is 1.56. The number of hydrogen-bond donors (Lipinski definition) is 1. The van der Waals surface area contributed by atoms with Crippen molar-refractivity contribution < 1.29 is 14.6 Å². The third kappa shape index (κ3) is 6.49. The minimum absolute atomic E-state index is 0.0862. The van der Waals surface area contributed by atoms with Gasteiger partial charge in [0.25, 0.3) is 0 Å². The molecule has 2 aliphatic rings. The Balaban J connectivity index is 0.000000239. The third-order valence-electron chi connectivity index (χ3n) is 2.82. The molecule has 2 rings (SSSR count). The molecule has 0 bridgehead atoms. The van der Waals surface area contributed by atoms with Gasteiger partial charge in [0.15, 0.2) is 0 Å². The van der Waals surface area contributed by atoms with Crippen LogP contribution in [0.4, 0.5) is 0 Å². The molecule has 0 aromatic heterocycles. The molecule has 0 aromatic carbocycles. The molecule has 2 heterocycles. The molecule has 0 aliphatic carbocycles. The van der Waals surface area contributed by atoms with Crippen LogP contribution in [-0.2, 0) is 9.47 Å². The second-order valence-electron chi connectivity index (χ2n) is 5.03. The Hall–Kier alpha value is -0.800. The van der Waals surface area contributed by atoms with E-state index in [2.05, 4.69) is 19.9 Å². The minimum Gasteiger partial charge on any atom is -0.501 e. The first-order valence-corrected chi connectivity index (χ1v) is 6.26. The number of ether oxygens (including phenoxy) is 2. The highest BCUT2D eigenvalue weighted by atomic mass is 16.6. The Bertz CT molecular complexity index is 265. The summed E-state index contributed by atoms with van der Waals surface area (Å²) in [6.45, 7) is 7.61. The molecule has 2 aliphatic heterocycles. The van der Waals surface area contributed by atoms with Gasteiger partial charge in [-0.05, 0) is 39.7 Å². The lowest BCUT2D eigenvalue weighted by Crippen LogP contribution is -2.30. The number of epoxide rings is 1. The average Bonchev–Trinajstić information content (AvgIpc) is 2.94. The fourth-order valence-electron chi connectivity index (χ4n) is 1.56. The predicted octanol–water partition coefficient (Wildman–Crippen LogP) is 2.80. The maximum Gasteiger partial charge on any atom is 0.109 e. The molecule has 0 saturated carbocycles. The Morgan fingerprint density at radius 3 is 2.59 bits per heavy atom. The van der Waals surface area contributed by atoms with Gasteiger partial charge in [-0.15, -0.1) is 0 Å². The molecule has 1 saturated heterocycles. The summed E-state index contributed by atoms with van der Waals surface area (Å²) in [4.78, 5) is 0. The highest BCUT2D eigenvalue weighted by molar-refractivity contribution is 4.97. The van der Waals surface area contributed by atoms with Crippen LogP contribution in [0.1, 0.15) is 40.0 Å². The molecule has 0 aromatic rings. The summed E-state index contributed by atoms with van der Waals surface area (Å²) >= 11 is 0. The summed E-state index contributed by atoms with van der Waals surface area (Å²) < 4.78 is 9.82. The van der Waals surface area contributed by atoms with Gasteiger partial charge in [0, 0.05) is 6.42 Å². The van der Waals surface area contributed by atoms with Gasteiger partial charge < -0.3 is 14.6 Å². The molecule has 0 radical (unpaired) electrons. The van der Waals surface area contributed by atoms with Gasteiger partial charge in [0.05, 0.1) is 25.1 Å². The summed E-state index contributed by atoms with van der Waals surface area (Å²) in [6, 6.07) is 0. The Morgan fingerprint density at radius 1 is 1.53 bits per heavy atom. The van der Waals surface area contributed by atoms with E-state index in [1.54, 1.807) is 6.26 Å². The first-order valence-electron chi connectivity index (χ1n) is 6.26. The van der Waals surface area contributed by atoms with E-state index in [1.807, 2.05) is 13.0 Å². The fraction of sp³-hybridized carbons (Fsp3) is 0.714. The average molecular weight is 240 g/mol. The van der Waals surface area contributed by atoms with Crippen molar-refractivity contribution in [3.63, 3.8) is 0 Å². The van der Waals surface area contributed by atoms with E-state index in [0.717, 1.165) is 32.5 Å². The van der Waals surface area contributed by atoms with Crippen molar-refractivity contribution >= 4 is 0 Å². The second kappa shape index (κ2) is 6.82. The Labute approximate surface area is 104 Å². The standard InChI is InChI=1S/C10H18O2.C4H6O/c1-8(2)5-4-6-10(3,11)9-7-12-9;1-2-4-5-3-1/h5,9,11H,4,6-7H2,1-3H3;1,3H,2,4H2. The van der Waals surface area contributed by atoms with Gasteiger partial charge in [0.1, 0.15) is 6.10 Å². The zero-order valence-corrected chi connectivity index (χ0v) is 11.1. The molecule has 98 valence electrons. The molecule has 3 nitrogen and oxygen atoms in total. The lowest BCUT2D eigenvalue weighted by Gasteiger charge is -2.19. The van der Waals surface area contributed by atoms with E-state index in [0.29, 0.717) is 0 Å². The first-order chi connectivity index (χ1) is 8.02. The molecule has 1 fully saturated rings. The van der Waals surface area contributed by atoms with Crippen molar-refractivity contribution in [3.05, 3.63) is 24.0 Å². The molecular weight excluding hydrogens is 216 g/mol. The van der Waals surface area contributed by atoms with E-state index < -0.39 is 5.60 Å². The molecular formula is C14H24O3. The van der Waals surface area contributed by atoms with E-state index >= 15 is 0 Å². The van der Waals surface area contributed by atoms with Gasteiger partial charge in [-0.1, -0.05) is 11.6 Å². The van der Waals surface area contributed by atoms with Crippen LogP contribution in [0.2, 0.25) is 0 Å². The van der Waals surface area contributed by atoms with E-state index in [-0.39, 0.29) is 6.10 Å². The SMILES string of the molecule is C1=COCC1.CC(C)=CCCC(C)(O)C1CO1. The first kappa shape index (κ1) is 14.3. The van der Waals surface area contributed by atoms with Crippen molar-refractivity contribution in [3.8, 4) is 0 Å². The number of rotatable bonds is 4. The molecule has 0 amide bonds. The van der Waals surface area contributed by atoms with Gasteiger partial charge in [-0.2, -0.15) is 0 Å². The topological polar surface area (TPSA) is 42.0 Å². The van der Waals surface area contributed by atoms with Crippen molar-refractivity contribution in [2.75, 3.05) is 13.2 Å². The smallest absolute Gasteiger partial charge is 0.109 e. The molecule has 2 atom stereocenters. The van der Waals surface area contributed by atoms with Gasteiger partial charge >= 0.3 is 0 Å². The number of allylic oxidation sites excluding steroid dienone is 2. The predicted molar refractivity (Wildman–Crippen MR) is 68.7 cm³/mol. The summed E-state index contributed by atoms with van der Waals surface area (Å²) in [5, 5.41) is 9.81. The largest absolute Gasteiger partial charge is 0.501 e. The molecule has 17 heavy (non-hydrogen) atoms. The van der Waals surface area contributed by atoms with Crippen molar-refractivity contribution in [1.82, 2.24) is 0 Å². The molecule has 2 unspecified atom stereocenters. The van der Waals surface area contributed by atoms with Crippen LogP contribution in [0.15, 0.2) is 24.0 Å². The van der Waals surface area contributed by atoms with Crippen LogP contribution in [0.5, 0.6) is 0 Å². The quantitative estimate of drug-likeness (QED) is 0.607. The zero-order valence-electron chi connectivity index (χ0n) is 11.1. The van der Waals surface area contributed by atoms with Crippen LogP contribution < -0.4 is 0 Å². The van der Waals surface area contributed by atoms with E-state index in [1.165, 1.54) is 5.57 Å². The molecule has 3 heteroatoms. The van der Waals surface area contributed by atoms with Crippen molar-refractivity contribution in [2.24, 2.45) is 0 Å². The Kier molecular flexibility index (Phi) is 5.72. The molecule has 1 N–H and O–H groups in total.